The molecular formula is C9H19N. The van der Waals surface area contributed by atoms with Crippen molar-refractivity contribution < 1.29 is 0 Å². The van der Waals surface area contributed by atoms with Gasteiger partial charge in [0.05, 0.1) is 0 Å². The molecular weight excluding hydrogens is 122 g/mol. The van der Waals surface area contributed by atoms with Crippen molar-refractivity contribution in [1.29, 1.82) is 0 Å². The third kappa shape index (κ3) is 4.57. The molecule has 0 amide bonds. The normalized spacial score (nSPS) is 12.1. The maximum absolute atomic E-state index is 5.38. The Morgan fingerprint density at radius 1 is 1.40 bits per heavy atom. The molecule has 0 rings (SSSR count). The molecule has 0 aliphatic carbocycles. The third-order valence-corrected chi connectivity index (χ3v) is 1.62. The molecule has 0 fully saturated rings. The van der Waals surface area contributed by atoms with E-state index in [9.17, 15) is 0 Å². The van der Waals surface area contributed by atoms with Gasteiger partial charge in [0.2, 0.25) is 0 Å². The van der Waals surface area contributed by atoms with Crippen LogP contribution in [0.15, 0.2) is 11.6 Å². The summed E-state index contributed by atoms with van der Waals surface area (Å²) in [6, 6.07) is 0. The third-order valence-electron chi connectivity index (χ3n) is 1.62. The van der Waals surface area contributed by atoms with E-state index in [0.29, 0.717) is 0 Å². The molecule has 1 heteroatoms. The maximum Gasteiger partial charge on any atom is -0.00425 e. The van der Waals surface area contributed by atoms with Gasteiger partial charge >= 0.3 is 0 Å². The first-order valence-corrected chi connectivity index (χ1v) is 4.23. The van der Waals surface area contributed by atoms with E-state index < -0.39 is 0 Å². The minimum absolute atomic E-state index is 0.785. The highest BCUT2D eigenvalue weighted by Crippen LogP contribution is 2.08. The van der Waals surface area contributed by atoms with Crippen LogP contribution < -0.4 is 5.73 Å². The van der Waals surface area contributed by atoms with Crippen molar-refractivity contribution in [3.05, 3.63) is 11.6 Å². The van der Waals surface area contributed by atoms with Gasteiger partial charge in [-0.1, -0.05) is 31.9 Å². The lowest BCUT2D eigenvalue weighted by Gasteiger charge is -2.00. The fraction of sp³-hybridized carbons (Fsp3) is 0.778. The standard InChI is InChI=1S/C9H19N/c1-3-6-9(4-2)7-5-8-10/h7H,3-6,8,10H2,1-2H3/b9-7+. The quantitative estimate of drug-likeness (QED) is 0.585. The summed E-state index contributed by atoms with van der Waals surface area (Å²) in [4.78, 5) is 0. The summed E-state index contributed by atoms with van der Waals surface area (Å²) in [5, 5.41) is 0. The van der Waals surface area contributed by atoms with Crippen molar-refractivity contribution >= 4 is 0 Å². The summed E-state index contributed by atoms with van der Waals surface area (Å²) in [6.07, 6.45) is 7.02. The van der Waals surface area contributed by atoms with E-state index in [1.807, 2.05) is 0 Å². The van der Waals surface area contributed by atoms with E-state index in [1.165, 1.54) is 19.3 Å². The average Bonchev–Trinajstić information content (AvgIpc) is 1.98. The van der Waals surface area contributed by atoms with E-state index in [0.717, 1.165) is 13.0 Å². The van der Waals surface area contributed by atoms with Gasteiger partial charge in [0.15, 0.2) is 0 Å². The smallest absolute Gasteiger partial charge is 0.00425 e. The average molecular weight is 141 g/mol. The van der Waals surface area contributed by atoms with Gasteiger partial charge in [0.25, 0.3) is 0 Å². The predicted molar refractivity (Wildman–Crippen MR) is 47.0 cm³/mol. The van der Waals surface area contributed by atoms with Crippen molar-refractivity contribution in [2.24, 2.45) is 5.73 Å². The van der Waals surface area contributed by atoms with Gasteiger partial charge in [-0.3, -0.25) is 0 Å². The Morgan fingerprint density at radius 3 is 2.50 bits per heavy atom. The molecule has 0 saturated carbocycles. The summed E-state index contributed by atoms with van der Waals surface area (Å²) < 4.78 is 0. The van der Waals surface area contributed by atoms with E-state index in [1.54, 1.807) is 5.57 Å². The summed E-state index contributed by atoms with van der Waals surface area (Å²) in [5.74, 6) is 0. The first-order chi connectivity index (χ1) is 4.85. The fourth-order valence-corrected chi connectivity index (χ4v) is 1.03. The zero-order valence-electron chi connectivity index (χ0n) is 7.19. The second-order valence-electron chi connectivity index (χ2n) is 2.54. The number of nitrogens with two attached hydrogens (primary N) is 1. The molecule has 2 N–H and O–H groups in total. The van der Waals surface area contributed by atoms with Crippen molar-refractivity contribution in [1.82, 2.24) is 0 Å². The van der Waals surface area contributed by atoms with E-state index >= 15 is 0 Å². The van der Waals surface area contributed by atoms with Crippen LogP contribution in [0.3, 0.4) is 0 Å². The second kappa shape index (κ2) is 6.81. The molecule has 0 aromatic heterocycles. The second-order valence-corrected chi connectivity index (χ2v) is 2.54. The van der Waals surface area contributed by atoms with Crippen LogP contribution in [0.4, 0.5) is 0 Å². The molecule has 0 bridgehead atoms. The highest BCUT2D eigenvalue weighted by molar-refractivity contribution is 5.00. The van der Waals surface area contributed by atoms with Crippen LogP contribution in [0.1, 0.15) is 39.5 Å². The molecule has 0 atom stereocenters. The molecule has 0 saturated heterocycles. The van der Waals surface area contributed by atoms with Gasteiger partial charge in [0, 0.05) is 0 Å². The Kier molecular flexibility index (Phi) is 6.61. The lowest BCUT2D eigenvalue weighted by atomic mass is 10.1. The van der Waals surface area contributed by atoms with Gasteiger partial charge in [-0.15, -0.1) is 0 Å². The summed E-state index contributed by atoms with van der Waals surface area (Å²) in [7, 11) is 0. The van der Waals surface area contributed by atoms with Gasteiger partial charge in [-0.25, -0.2) is 0 Å². The van der Waals surface area contributed by atoms with Crippen LogP contribution in [0.2, 0.25) is 0 Å². The Morgan fingerprint density at radius 2 is 2.10 bits per heavy atom. The predicted octanol–water partition coefficient (Wildman–Crippen LogP) is 2.47. The first-order valence-electron chi connectivity index (χ1n) is 4.23. The molecule has 0 spiro atoms. The van der Waals surface area contributed by atoms with Gasteiger partial charge in [0.1, 0.15) is 0 Å². The molecule has 0 unspecified atom stereocenters. The zero-order valence-corrected chi connectivity index (χ0v) is 7.19. The molecule has 0 heterocycles. The Bertz CT molecular complexity index is 94.9. The number of rotatable bonds is 5. The largest absolute Gasteiger partial charge is 0.330 e. The molecule has 0 radical (unpaired) electrons. The topological polar surface area (TPSA) is 26.0 Å². The molecule has 0 aromatic carbocycles. The van der Waals surface area contributed by atoms with Crippen LogP contribution in [0.5, 0.6) is 0 Å². The monoisotopic (exact) mass is 141 g/mol. The van der Waals surface area contributed by atoms with E-state index in [4.69, 9.17) is 5.73 Å². The Balaban J connectivity index is 3.55. The minimum atomic E-state index is 0.785. The molecule has 0 aliphatic heterocycles. The molecule has 0 aliphatic rings. The lowest BCUT2D eigenvalue weighted by molar-refractivity contribution is 0.842. The van der Waals surface area contributed by atoms with Gasteiger partial charge in [-0.2, -0.15) is 0 Å². The van der Waals surface area contributed by atoms with Crippen molar-refractivity contribution in [2.75, 3.05) is 6.54 Å². The Hall–Kier alpha value is -0.300. The Labute approximate surface area is 64.3 Å². The SMILES string of the molecule is CCC/C(=C/CCN)CC. The van der Waals surface area contributed by atoms with Crippen LogP contribution in [-0.2, 0) is 0 Å². The van der Waals surface area contributed by atoms with E-state index in [-0.39, 0.29) is 0 Å². The van der Waals surface area contributed by atoms with Gasteiger partial charge in [-0.05, 0) is 25.8 Å². The fourth-order valence-electron chi connectivity index (χ4n) is 1.03. The number of hydrogen-bond acceptors (Lipinski definition) is 1. The zero-order chi connectivity index (χ0) is 7.82. The van der Waals surface area contributed by atoms with Crippen LogP contribution >= 0.6 is 0 Å². The van der Waals surface area contributed by atoms with E-state index in [2.05, 4.69) is 19.9 Å². The number of hydrogen-bond donors (Lipinski definition) is 1. The first kappa shape index (κ1) is 9.70. The van der Waals surface area contributed by atoms with Gasteiger partial charge < -0.3 is 5.73 Å². The van der Waals surface area contributed by atoms with Crippen LogP contribution in [0.25, 0.3) is 0 Å². The lowest BCUT2D eigenvalue weighted by Crippen LogP contribution is -1.96. The molecule has 10 heavy (non-hydrogen) atoms. The van der Waals surface area contributed by atoms with Crippen LogP contribution in [0, 0.1) is 0 Å². The van der Waals surface area contributed by atoms with Crippen molar-refractivity contribution in [2.45, 2.75) is 39.5 Å². The highest BCUT2D eigenvalue weighted by atomic mass is 14.5. The minimum Gasteiger partial charge on any atom is -0.330 e. The van der Waals surface area contributed by atoms with Crippen molar-refractivity contribution in [3.8, 4) is 0 Å². The van der Waals surface area contributed by atoms with Crippen LogP contribution in [-0.4, -0.2) is 6.54 Å². The molecule has 60 valence electrons. The molecule has 0 aromatic rings. The summed E-state index contributed by atoms with van der Waals surface area (Å²) in [6.45, 7) is 5.21. The molecule has 1 nitrogen and oxygen atoms in total. The maximum atomic E-state index is 5.38. The summed E-state index contributed by atoms with van der Waals surface area (Å²) >= 11 is 0. The number of allylic oxidation sites excluding steroid dienone is 1. The highest BCUT2D eigenvalue weighted by Gasteiger charge is 1.89. The summed E-state index contributed by atoms with van der Waals surface area (Å²) in [5.41, 5.74) is 6.95. The van der Waals surface area contributed by atoms with Crippen molar-refractivity contribution in [3.63, 3.8) is 0 Å².